The summed E-state index contributed by atoms with van der Waals surface area (Å²) in [7, 11) is 0. The summed E-state index contributed by atoms with van der Waals surface area (Å²) >= 11 is 1.63. The molecule has 0 aliphatic carbocycles. The van der Waals surface area contributed by atoms with Crippen molar-refractivity contribution in [1.29, 1.82) is 0 Å². The molecule has 0 saturated heterocycles. The average Bonchev–Trinajstić information content (AvgIpc) is 3.25. The number of fused-ring (bicyclic) bond motifs is 2. The van der Waals surface area contributed by atoms with Gasteiger partial charge in [-0.3, -0.25) is 14.8 Å². The minimum atomic E-state index is -0.205. The molecule has 1 N–H and O–H groups in total. The van der Waals surface area contributed by atoms with Crippen molar-refractivity contribution in [3.8, 4) is 17.3 Å². The number of ether oxygens (including phenoxy) is 1. The van der Waals surface area contributed by atoms with E-state index in [0.29, 0.717) is 34.8 Å². The SMILES string of the molecule is O=c1[nH]c(-c2cc3sccc3cn2)nc2ccc(OCCCc3cccnc3)cc12. The molecule has 0 fully saturated rings. The molecule has 0 saturated carbocycles. The van der Waals surface area contributed by atoms with Crippen molar-refractivity contribution >= 4 is 32.3 Å². The minimum Gasteiger partial charge on any atom is -0.494 e. The van der Waals surface area contributed by atoms with E-state index in [1.165, 1.54) is 5.56 Å². The number of hydrogen-bond acceptors (Lipinski definition) is 6. The van der Waals surface area contributed by atoms with Crippen LogP contribution in [0.5, 0.6) is 5.75 Å². The Labute approximate surface area is 176 Å². The number of nitrogens with zero attached hydrogens (tertiary/aromatic N) is 3. The zero-order valence-corrected chi connectivity index (χ0v) is 16.9. The number of rotatable bonds is 6. The Morgan fingerprint density at radius 2 is 2.07 bits per heavy atom. The first-order valence-electron chi connectivity index (χ1n) is 9.66. The molecule has 0 amide bonds. The maximum absolute atomic E-state index is 12.7. The summed E-state index contributed by atoms with van der Waals surface area (Å²) in [5, 5.41) is 3.60. The largest absolute Gasteiger partial charge is 0.494 e. The highest BCUT2D eigenvalue weighted by Crippen LogP contribution is 2.25. The molecule has 6 nitrogen and oxygen atoms in total. The van der Waals surface area contributed by atoms with Crippen molar-refractivity contribution in [2.75, 3.05) is 6.61 Å². The normalized spacial score (nSPS) is 11.2. The molecule has 0 aliphatic heterocycles. The number of hydrogen-bond donors (Lipinski definition) is 1. The molecule has 0 spiro atoms. The molecule has 0 atom stereocenters. The van der Waals surface area contributed by atoms with Crippen LogP contribution in [0.3, 0.4) is 0 Å². The van der Waals surface area contributed by atoms with Crippen LogP contribution in [-0.2, 0) is 6.42 Å². The lowest BCUT2D eigenvalue weighted by molar-refractivity contribution is 0.311. The zero-order chi connectivity index (χ0) is 20.3. The van der Waals surface area contributed by atoms with Crippen LogP contribution >= 0.6 is 11.3 Å². The van der Waals surface area contributed by atoms with Gasteiger partial charge in [0, 0.05) is 28.7 Å². The molecule has 0 unspecified atom stereocenters. The Morgan fingerprint density at radius 3 is 2.97 bits per heavy atom. The Hall–Kier alpha value is -3.58. The van der Waals surface area contributed by atoms with Crippen LogP contribution in [0.2, 0.25) is 0 Å². The molecule has 4 heterocycles. The maximum Gasteiger partial charge on any atom is 0.259 e. The van der Waals surface area contributed by atoms with Crippen molar-refractivity contribution in [3.05, 3.63) is 82.4 Å². The third kappa shape index (κ3) is 3.79. The van der Waals surface area contributed by atoms with Crippen molar-refractivity contribution < 1.29 is 4.74 Å². The van der Waals surface area contributed by atoms with E-state index >= 15 is 0 Å². The van der Waals surface area contributed by atoms with E-state index in [1.54, 1.807) is 29.8 Å². The molecule has 0 aliphatic rings. The predicted molar refractivity (Wildman–Crippen MR) is 119 cm³/mol. The van der Waals surface area contributed by atoms with E-state index in [2.05, 4.69) is 26.0 Å². The van der Waals surface area contributed by atoms with Gasteiger partial charge in [0.05, 0.1) is 17.5 Å². The molecule has 5 aromatic rings. The summed E-state index contributed by atoms with van der Waals surface area (Å²) in [6.07, 6.45) is 7.20. The van der Waals surface area contributed by atoms with E-state index in [4.69, 9.17) is 4.74 Å². The summed E-state index contributed by atoms with van der Waals surface area (Å²) in [5.41, 5.74) is 2.25. The van der Waals surface area contributed by atoms with Gasteiger partial charge in [-0.1, -0.05) is 6.07 Å². The van der Waals surface area contributed by atoms with Gasteiger partial charge < -0.3 is 9.72 Å². The third-order valence-corrected chi connectivity index (χ3v) is 5.74. The predicted octanol–water partition coefficient (Wildman–Crippen LogP) is 4.61. The van der Waals surface area contributed by atoms with Crippen molar-refractivity contribution in [1.82, 2.24) is 19.9 Å². The van der Waals surface area contributed by atoms with E-state index in [-0.39, 0.29) is 5.56 Å². The third-order valence-electron chi connectivity index (χ3n) is 4.86. The number of H-pyrrole nitrogens is 1. The lowest BCUT2D eigenvalue weighted by Crippen LogP contribution is -2.10. The van der Waals surface area contributed by atoms with Crippen LogP contribution in [-0.4, -0.2) is 26.5 Å². The summed E-state index contributed by atoms with van der Waals surface area (Å²) < 4.78 is 6.94. The van der Waals surface area contributed by atoms with Crippen LogP contribution in [0.25, 0.3) is 32.5 Å². The number of aromatic amines is 1. The number of aromatic nitrogens is 4. The Kier molecular flexibility index (Phi) is 4.94. The lowest BCUT2D eigenvalue weighted by atomic mass is 10.2. The van der Waals surface area contributed by atoms with Gasteiger partial charge in [-0.25, -0.2) is 4.98 Å². The second-order valence-corrected chi connectivity index (χ2v) is 7.88. The highest BCUT2D eigenvalue weighted by Gasteiger charge is 2.09. The molecule has 4 aromatic heterocycles. The first-order valence-corrected chi connectivity index (χ1v) is 10.5. The van der Waals surface area contributed by atoms with Crippen molar-refractivity contribution in [2.24, 2.45) is 0 Å². The first-order chi connectivity index (χ1) is 14.8. The summed E-state index contributed by atoms with van der Waals surface area (Å²) in [4.78, 5) is 28.7. The number of pyridine rings is 2. The van der Waals surface area contributed by atoms with Gasteiger partial charge in [0.1, 0.15) is 11.4 Å². The van der Waals surface area contributed by atoms with Crippen molar-refractivity contribution in [2.45, 2.75) is 12.8 Å². The second-order valence-electron chi connectivity index (χ2n) is 6.93. The van der Waals surface area contributed by atoms with Gasteiger partial charge in [-0.2, -0.15) is 0 Å². The fraction of sp³-hybridized carbons (Fsp3) is 0.130. The first kappa shape index (κ1) is 18.4. The number of nitrogens with one attached hydrogen (secondary N) is 1. The summed E-state index contributed by atoms with van der Waals surface area (Å²) in [5.74, 6) is 1.12. The van der Waals surface area contributed by atoms with Crippen LogP contribution in [0, 0.1) is 0 Å². The van der Waals surface area contributed by atoms with Crippen molar-refractivity contribution in [3.63, 3.8) is 0 Å². The standard InChI is InChI=1S/C23H18N4O2S/c28-23-18-11-17(29-9-2-4-15-3-1-8-24-13-15)5-6-19(18)26-22(27-23)20-12-21-16(14-25-20)7-10-30-21/h1,3,5-8,10-14H,2,4,9H2,(H,26,27,28). The van der Waals surface area contributed by atoms with Gasteiger partial charge in [0.25, 0.3) is 5.56 Å². The fourth-order valence-corrected chi connectivity index (χ4v) is 4.12. The monoisotopic (exact) mass is 414 g/mol. The highest BCUT2D eigenvalue weighted by atomic mass is 32.1. The molecule has 1 aromatic carbocycles. The fourth-order valence-electron chi connectivity index (χ4n) is 3.33. The smallest absolute Gasteiger partial charge is 0.259 e. The zero-order valence-electron chi connectivity index (χ0n) is 16.0. The van der Waals surface area contributed by atoms with Gasteiger partial charge in [0.2, 0.25) is 0 Å². The maximum atomic E-state index is 12.7. The molecule has 7 heteroatoms. The Bertz CT molecular complexity index is 1380. The van der Waals surface area contributed by atoms with Gasteiger partial charge in [-0.15, -0.1) is 11.3 Å². The van der Waals surface area contributed by atoms with E-state index in [0.717, 1.165) is 22.9 Å². The van der Waals surface area contributed by atoms with Gasteiger partial charge >= 0.3 is 0 Å². The van der Waals surface area contributed by atoms with E-state index < -0.39 is 0 Å². The molecule has 0 radical (unpaired) electrons. The summed E-state index contributed by atoms with van der Waals surface area (Å²) in [6.45, 7) is 0.564. The minimum absolute atomic E-state index is 0.205. The number of benzene rings is 1. The molecule has 30 heavy (non-hydrogen) atoms. The molecule has 0 bridgehead atoms. The Morgan fingerprint density at radius 1 is 1.10 bits per heavy atom. The molecule has 5 rings (SSSR count). The average molecular weight is 414 g/mol. The molecular weight excluding hydrogens is 396 g/mol. The quantitative estimate of drug-likeness (QED) is 0.411. The van der Waals surface area contributed by atoms with Crippen LogP contribution in [0.4, 0.5) is 0 Å². The highest BCUT2D eigenvalue weighted by molar-refractivity contribution is 7.17. The molecular formula is C23H18N4O2S. The van der Waals surface area contributed by atoms with E-state index in [1.807, 2.05) is 41.9 Å². The number of thiophene rings is 1. The Balaban J connectivity index is 1.34. The molecule has 148 valence electrons. The van der Waals surface area contributed by atoms with Gasteiger partial charge in [0.15, 0.2) is 5.82 Å². The lowest BCUT2D eigenvalue weighted by Gasteiger charge is -2.08. The van der Waals surface area contributed by atoms with Gasteiger partial charge in [-0.05, 0) is 60.2 Å². The van der Waals surface area contributed by atoms with Crippen LogP contribution in [0.15, 0.2) is 71.2 Å². The topological polar surface area (TPSA) is 80.8 Å². The second kappa shape index (κ2) is 8.04. The van der Waals surface area contributed by atoms with Crippen LogP contribution in [0.1, 0.15) is 12.0 Å². The van der Waals surface area contributed by atoms with Crippen LogP contribution < -0.4 is 10.3 Å². The van der Waals surface area contributed by atoms with E-state index in [9.17, 15) is 4.79 Å². The summed E-state index contributed by atoms with van der Waals surface area (Å²) in [6, 6.07) is 13.4. The number of aryl methyl sites for hydroxylation is 1.